The van der Waals surface area contributed by atoms with E-state index in [2.05, 4.69) is 16.7 Å². The van der Waals surface area contributed by atoms with Gasteiger partial charge in [0, 0.05) is 0 Å². The molecule has 0 radical (unpaired) electrons. The summed E-state index contributed by atoms with van der Waals surface area (Å²) in [6.07, 6.45) is 5.99. The zero-order valence-corrected chi connectivity index (χ0v) is 11.1. The van der Waals surface area contributed by atoms with Crippen molar-refractivity contribution in [3.63, 3.8) is 0 Å². The summed E-state index contributed by atoms with van der Waals surface area (Å²) in [6, 6.07) is 10.3. The molecule has 0 bridgehead atoms. The number of nitrogens with zero attached hydrogens (tertiary/aromatic N) is 2. The first-order chi connectivity index (χ1) is 7.38. The minimum absolute atomic E-state index is 0. The largest absolute Gasteiger partial charge is 1.00 e. The molecule has 2 aromatic rings. The number of benzene rings is 1. The molecule has 0 spiro atoms. The van der Waals surface area contributed by atoms with Gasteiger partial charge < -0.3 is 29.1 Å². The van der Waals surface area contributed by atoms with E-state index in [1.165, 1.54) is 5.56 Å². The van der Waals surface area contributed by atoms with Crippen LogP contribution in [0.4, 0.5) is 0 Å². The van der Waals surface area contributed by atoms with E-state index < -0.39 is 0 Å². The van der Waals surface area contributed by atoms with Crippen molar-refractivity contribution in [3.05, 3.63) is 54.6 Å². The second-order valence-electron chi connectivity index (χ2n) is 3.53. The predicted octanol–water partition coefficient (Wildman–Crippen LogP) is -2.18. The van der Waals surface area contributed by atoms with Crippen LogP contribution in [0.1, 0.15) is 5.56 Å². The van der Waals surface area contributed by atoms with Crippen LogP contribution in [0.15, 0.2) is 49.1 Å². The smallest absolute Gasteiger partial charge is 0.244 e. The molecule has 0 atom stereocenters. The zero-order valence-electron chi connectivity index (χ0n) is 8.96. The Labute approximate surface area is 112 Å². The van der Waals surface area contributed by atoms with Crippen LogP contribution in [-0.4, -0.2) is 16.3 Å². The summed E-state index contributed by atoms with van der Waals surface area (Å²) >= 11 is 0. The highest BCUT2D eigenvalue weighted by Gasteiger charge is 2.03. The van der Waals surface area contributed by atoms with Gasteiger partial charge in [-0.1, -0.05) is 30.3 Å². The molecule has 1 aromatic heterocycles. The van der Waals surface area contributed by atoms with Crippen molar-refractivity contribution >= 4 is 0 Å². The molecular formula is C12H15IN2O. The molecule has 0 amide bonds. The van der Waals surface area contributed by atoms with Crippen LogP contribution in [0.5, 0.6) is 0 Å². The second-order valence-corrected chi connectivity index (χ2v) is 3.53. The first-order valence-corrected chi connectivity index (χ1v) is 5.08. The molecule has 4 heteroatoms. The highest BCUT2D eigenvalue weighted by Crippen LogP contribution is 1.97. The van der Waals surface area contributed by atoms with E-state index in [0.29, 0.717) is 6.54 Å². The van der Waals surface area contributed by atoms with Crippen LogP contribution in [0, 0.1) is 0 Å². The fourth-order valence-electron chi connectivity index (χ4n) is 1.57. The molecule has 16 heavy (non-hydrogen) atoms. The number of halogens is 1. The van der Waals surface area contributed by atoms with Crippen molar-refractivity contribution in [2.45, 2.75) is 13.1 Å². The van der Waals surface area contributed by atoms with Gasteiger partial charge in [0.1, 0.15) is 25.5 Å². The number of rotatable bonds is 4. The molecule has 1 heterocycles. The van der Waals surface area contributed by atoms with Gasteiger partial charge in [0.25, 0.3) is 0 Å². The maximum Gasteiger partial charge on any atom is 0.244 e. The van der Waals surface area contributed by atoms with E-state index in [9.17, 15) is 0 Å². The Morgan fingerprint density at radius 1 is 1.19 bits per heavy atom. The van der Waals surface area contributed by atoms with E-state index >= 15 is 0 Å². The minimum atomic E-state index is 0. The number of aromatic nitrogens is 2. The quantitative estimate of drug-likeness (QED) is 0.501. The third-order valence-corrected chi connectivity index (χ3v) is 2.31. The number of aliphatic hydroxyl groups excluding tert-OH is 1. The number of hydrogen-bond acceptors (Lipinski definition) is 1. The minimum Gasteiger partial charge on any atom is -1.00 e. The SMILES string of the molecule is OCCn1cc[n+](Cc2ccccc2)c1.[I-]. The van der Waals surface area contributed by atoms with Gasteiger partial charge in [0.05, 0.1) is 6.61 Å². The average molecular weight is 330 g/mol. The fourth-order valence-corrected chi connectivity index (χ4v) is 1.57. The summed E-state index contributed by atoms with van der Waals surface area (Å²) in [7, 11) is 0. The first-order valence-electron chi connectivity index (χ1n) is 5.08. The van der Waals surface area contributed by atoms with Gasteiger partial charge in [0.2, 0.25) is 6.33 Å². The zero-order chi connectivity index (χ0) is 10.5. The van der Waals surface area contributed by atoms with Crippen molar-refractivity contribution in [2.75, 3.05) is 6.61 Å². The predicted molar refractivity (Wildman–Crippen MR) is 57.3 cm³/mol. The van der Waals surface area contributed by atoms with Crippen LogP contribution >= 0.6 is 0 Å². The lowest BCUT2D eigenvalue weighted by molar-refractivity contribution is -0.687. The highest BCUT2D eigenvalue weighted by molar-refractivity contribution is 5.13. The van der Waals surface area contributed by atoms with E-state index in [4.69, 9.17) is 5.11 Å². The molecule has 0 unspecified atom stereocenters. The van der Waals surface area contributed by atoms with Gasteiger partial charge in [-0.2, -0.15) is 0 Å². The summed E-state index contributed by atoms with van der Waals surface area (Å²) in [6.45, 7) is 1.71. The van der Waals surface area contributed by atoms with E-state index in [1.54, 1.807) is 0 Å². The van der Waals surface area contributed by atoms with E-state index in [0.717, 1.165) is 6.54 Å². The number of imidazole rings is 1. The normalized spacial score (nSPS) is 9.81. The topological polar surface area (TPSA) is 29.0 Å². The molecule has 0 fully saturated rings. The molecule has 0 aliphatic heterocycles. The second kappa shape index (κ2) is 6.65. The van der Waals surface area contributed by atoms with Gasteiger partial charge in [-0.25, -0.2) is 9.13 Å². The molecule has 1 aromatic carbocycles. The van der Waals surface area contributed by atoms with E-state index in [-0.39, 0.29) is 30.6 Å². The summed E-state index contributed by atoms with van der Waals surface area (Å²) in [5.74, 6) is 0. The van der Waals surface area contributed by atoms with Crippen LogP contribution in [0.2, 0.25) is 0 Å². The Bertz CT molecular complexity index is 414. The molecule has 1 N–H and O–H groups in total. The first kappa shape index (κ1) is 13.2. The van der Waals surface area contributed by atoms with Gasteiger partial charge in [-0.3, -0.25) is 0 Å². The van der Waals surface area contributed by atoms with E-state index in [1.807, 2.05) is 41.5 Å². The molecule has 0 saturated carbocycles. The molecule has 86 valence electrons. The molecule has 0 aliphatic carbocycles. The molecule has 0 aliphatic rings. The lowest BCUT2D eigenvalue weighted by Gasteiger charge is -1.96. The summed E-state index contributed by atoms with van der Waals surface area (Å²) in [4.78, 5) is 0. The highest BCUT2D eigenvalue weighted by atomic mass is 127. The Hall–Kier alpha value is -0.880. The molecule has 0 saturated heterocycles. The van der Waals surface area contributed by atoms with Crippen molar-refractivity contribution < 1.29 is 33.7 Å². The van der Waals surface area contributed by atoms with Crippen LogP contribution < -0.4 is 28.5 Å². The fraction of sp³-hybridized carbons (Fsp3) is 0.250. The van der Waals surface area contributed by atoms with Crippen molar-refractivity contribution in [1.82, 2.24) is 4.57 Å². The third kappa shape index (κ3) is 3.61. The van der Waals surface area contributed by atoms with Crippen LogP contribution in [0.25, 0.3) is 0 Å². The molecule has 3 nitrogen and oxygen atoms in total. The molecular weight excluding hydrogens is 315 g/mol. The monoisotopic (exact) mass is 330 g/mol. The lowest BCUT2D eigenvalue weighted by atomic mass is 10.2. The van der Waals surface area contributed by atoms with Crippen LogP contribution in [-0.2, 0) is 13.1 Å². The van der Waals surface area contributed by atoms with Gasteiger partial charge in [0.15, 0.2) is 0 Å². The third-order valence-electron chi connectivity index (χ3n) is 2.31. The average Bonchev–Trinajstić information content (AvgIpc) is 2.68. The van der Waals surface area contributed by atoms with Gasteiger partial charge in [-0.15, -0.1) is 0 Å². The summed E-state index contributed by atoms with van der Waals surface area (Å²) < 4.78 is 4.08. The summed E-state index contributed by atoms with van der Waals surface area (Å²) in [5, 5.41) is 8.79. The Kier molecular flexibility index (Phi) is 5.48. The van der Waals surface area contributed by atoms with Gasteiger partial charge in [-0.05, 0) is 5.56 Å². The maximum atomic E-state index is 8.79. The van der Waals surface area contributed by atoms with Crippen molar-refractivity contribution in [2.24, 2.45) is 0 Å². The van der Waals surface area contributed by atoms with Crippen molar-refractivity contribution in [1.29, 1.82) is 0 Å². The van der Waals surface area contributed by atoms with Gasteiger partial charge >= 0.3 is 0 Å². The Morgan fingerprint density at radius 3 is 2.62 bits per heavy atom. The Balaban J connectivity index is 0.00000128. The van der Waals surface area contributed by atoms with Crippen molar-refractivity contribution in [3.8, 4) is 0 Å². The molecule has 2 rings (SSSR count). The summed E-state index contributed by atoms with van der Waals surface area (Å²) in [5.41, 5.74) is 1.28. The number of aliphatic hydroxyl groups is 1. The Morgan fingerprint density at radius 2 is 1.94 bits per heavy atom. The number of hydrogen-bond donors (Lipinski definition) is 1. The standard InChI is InChI=1S/C12H15N2O.HI/c15-9-8-13-6-7-14(11-13)10-12-4-2-1-3-5-12;/h1-7,11,15H,8-10H2;1H/q+1;/p-1. The lowest BCUT2D eigenvalue weighted by Crippen LogP contribution is -3.00. The van der Waals surface area contributed by atoms with Crippen LogP contribution in [0.3, 0.4) is 0 Å². The maximum absolute atomic E-state index is 8.79.